The molecule has 0 bridgehead atoms. The molecule has 1 aromatic carbocycles. The molecule has 3 nitrogen and oxygen atoms in total. The predicted molar refractivity (Wildman–Crippen MR) is 95.2 cm³/mol. The summed E-state index contributed by atoms with van der Waals surface area (Å²) in [4.78, 5) is 3.68. The molecule has 7 heteroatoms. The van der Waals surface area contributed by atoms with Crippen molar-refractivity contribution in [2.75, 3.05) is 0 Å². The molecule has 138 valence electrons. The number of hydrogen-bond acceptors (Lipinski definition) is 3. The number of ether oxygens (including phenoxy) is 1. The lowest BCUT2D eigenvalue weighted by atomic mass is 9.90. The van der Waals surface area contributed by atoms with Crippen LogP contribution in [-0.4, -0.2) is 11.0 Å². The fourth-order valence-electron chi connectivity index (χ4n) is 2.87. The summed E-state index contributed by atoms with van der Waals surface area (Å²) in [5.74, 6) is 0.492. The fraction of sp³-hybridized carbons (Fsp3) is 0.316. The molecule has 26 heavy (non-hydrogen) atoms. The van der Waals surface area contributed by atoms with Crippen LogP contribution in [0, 0.1) is 0 Å². The molecular formula is C19H18ClF3N2O. The summed E-state index contributed by atoms with van der Waals surface area (Å²) < 4.78 is 43.7. The molecule has 3 rings (SSSR count). The monoisotopic (exact) mass is 382 g/mol. The van der Waals surface area contributed by atoms with Crippen molar-refractivity contribution in [3.8, 4) is 11.6 Å². The standard InChI is InChI=1S/C19H18ClF3N2O/c20-18-16(19(21,22)23)8-9-17(25-18)26-15-3-1-2-13(11-15)10-12-4-6-14(24)7-5-12/h1-3,8-11,14H,4-7,24H2. The molecule has 2 aromatic rings. The van der Waals surface area contributed by atoms with Crippen LogP contribution in [0.2, 0.25) is 5.15 Å². The van der Waals surface area contributed by atoms with Gasteiger partial charge < -0.3 is 10.5 Å². The Morgan fingerprint density at radius 1 is 1.15 bits per heavy atom. The maximum atomic E-state index is 12.7. The Morgan fingerprint density at radius 3 is 2.54 bits per heavy atom. The van der Waals surface area contributed by atoms with E-state index in [4.69, 9.17) is 22.1 Å². The van der Waals surface area contributed by atoms with E-state index in [1.807, 2.05) is 18.2 Å². The molecular weight excluding hydrogens is 365 g/mol. The summed E-state index contributed by atoms with van der Waals surface area (Å²) in [5.41, 5.74) is 7.23. The van der Waals surface area contributed by atoms with Crippen molar-refractivity contribution in [3.05, 3.63) is 58.3 Å². The largest absolute Gasteiger partial charge is 0.439 e. The van der Waals surface area contributed by atoms with E-state index in [0.29, 0.717) is 5.75 Å². The topological polar surface area (TPSA) is 48.1 Å². The van der Waals surface area contributed by atoms with Crippen molar-refractivity contribution in [2.24, 2.45) is 5.73 Å². The van der Waals surface area contributed by atoms with Gasteiger partial charge in [-0.25, -0.2) is 4.98 Å². The maximum absolute atomic E-state index is 12.7. The first-order valence-corrected chi connectivity index (χ1v) is 8.66. The van der Waals surface area contributed by atoms with Gasteiger partial charge in [0.05, 0.1) is 5.56 Å². The van der Waals surface area contributed by atoms with Crippen LogP contribution in [0.3, 0.4) is 0 Å². The van der Waals surface area contributed by atoms with Gasteiger partial charge >= 0.3 is 6.18 Å². The third-order valence-corrected chi connectivity index (χ3v) is 4.54. The van der Waals surface area contributed by atoms with Gasteiger partial charge in [0.15, 0.2) is 0 Å². The molecule has 2 N–H and O–H groups in total. The van der Waals surface area contributed by atoms with Crippen molar-refractivity contribution in [3.63, 3.8) is 0 Å². The molecule has 0 amide bonds. The van der Waals surface area contributed by atoms with E-state index in [-0.39, 0.29) is 11.9 Å². The highest BCUT2D eigenvalue weighted by Gasteiger charge is 2.34. The second kappa shape index (κ2) is 7.68. The summed E-state index contributed by atoms with van der Waals surface area (Å²) in [6.07, 6.45) is 1.47. The number of alkyl halides is 3. The number of rotatable bonds is 3. The van der Waals surface area contributed by atoms with Crippen LogP contribution in [0.5, 0.6) is 11.6 Å². The second-order valence-corrected chi connectivity index (χ2v) is 6.66. The number of nitrogens with two attached hydrogens (primary N) is 1. The van der Waals surface area contributed by atoms with Crippen LogP contribution in [0.15, 0.2) is 42.0 Å². The first-order chi connectivity index (χ1) is 12.3. The Hall–Kier alpha value is -2.05. The normalized spacial score (nSPS) is 17.9. The van der Waals surface area contributed by atoms with E-state index in [1.54, 1.807) is 6.07 Å². The van der Waals surface area contributed by atoms with E-state index in [9.17, 15) is 13.2 Å². The maximum Gasteiger partial charge on any atom is 0.419 e. The summed E-state index contributed by atoms with van der Waals surface area (Å²) in [6.45, 7) is 0. The van der Waals surface area contributed by atoms with Gasteiger partial charge in [-0.05, 0) is 49.4 Å². The van der Waals surface area contributed by atoms with Crippen LogP contribution < -0.4 is 10.5 Å². The lowest BCUT2D eigenvalue weighted by Gasteiger charge is -2.20. The minimum Gasteiger partial charge on any atom is -0.439 e. The van der Waals surface area contributed by atoms with E-state index in [2.05, 4.69) is 11.1 Å². The van der Waals surface area contributed by atoms with Crippen molar-refractivity contribution >= 4 is 17.7 Å². The smallest absolute Gasteiger partial charge is 0.419 e. The molecule has 1 heterocycles. The van der Waals surface area contributed by atoms with Gasteiger partial charge in [-0.15, -0.1) is 0 Å². The van der Waals surface area contributed by atoms with Gasteiger partial charge in [0.1, 0.15) is 10.9 Å². The zero-order valence-corrected chi connectivity index (χ0v) is 14.6. The Balaban J connectivity index is 1.75. The Morgan fingerprint density at radius 2 is 1.88 bits per heavy atom. The molecule has 0 aliphatic heterocycles. The Kier molecular flexibility index (Phi) is 5.53. The highest BCUT2D eigenvalue weighted by Crippen LogP contribution is 2.35. The van der Waals surface area contributed by atoms with E-state index in [1.165, 1.54) is 5.57 Å². The number of nitrogens with zero attached hydrogens (tertiary/aromatic N) is 1. The third kappa shape index (κ3) is 4.77. The van der Waals surface area contributed by atoms with Crippen LogP contribution in [0.4, 0.5) is 13.2 Å². The van der Waals surface area contributed by atoms with E-state index < -0.39 is 16.9 Å². The highest BCUT2D eigenvalue weighted by molar-refractivity contribution is 6.30. The van der Waals surface area contributed by atoms with E-state index in [0.717, 1.165) is 43.4 Å². The number of benzene rings is 1. The fourth-order valence-corrected chi connectivity index (χ4v) is 3.12. The van der Waals surface area contributed by atoms with Crippen molar-refractivity contribution < 1.29 is 17.9 Å². The van der Waals surface area contributed by atoms with Gasteiger partial charge in [-0.2, -0.15) is 13.2 Å². The van der Waals surface area contributed by atoms with Gasteiger partial charge in [-0.1, -0.05) is 35.4 Å². The van der Waals surface area contributed by atoms with Crippen molar-refractivity contribution in [1.29, 1.82) is 0 Å². The third-order valence-electron chi connectivity index (χ3n) is 4.25. The van der Waals surface area contributed by atoms with Crippen LogP contribution in [-0.2, 0) is 6.18 Å². The highest BCUT2D eigenvalue weighted by atomic mass is 35.5. The number of halogens is 4. The van der Waals surface area contributed by atoms with E-state index >= 15 is 0 Å². The van der Waals surface area contributed by atoms with Crippen LogP contribution in [0.1, 0.15) is 36.8 Å². The second-order valence-electron chi connectivity index (χ2n) is 6.30. The summed E-state index contributed by atoms with van der Waals surface area (Å²) in [6, 6.07) is 9.59. The Bertz CT molecular complexity index is 811. The molecule has 1 saturated carbocycles. The predicted octanol–water partition coefficient (Wildman–Crippen LogP) is 5.83. The van der Waals surface area contributed by atoms with Crippen molar-refractivity contribution in [1.82, 2.24) is 4.98 Å². The van der Waals surface area contributed by atoms with Gasteiger partial charge in [0.2, 0.25) is 5.88 Å². The molecule has 1 aliphatic carbocycles. The summed E-state index contributed by atoms with van der Waals surface area (Å²) in [5, 5.41) is -0.633. The molecule has 1 fully saturated rings. The number of allylic oxidation sites excluding steroid dienone is 1. The number of pyridine rings is 1. The minimum absolute atomic E-state index is 0.0106. The first kappa shape index (κ1) is 18.7. The molecule has 1 aliphatic rings. The molecule has 0 atom stereocenters. The summed E-state index contributed by atoms with van der Waals surface area (Å²) in [7, 11) is 0. The molecule has 1 aromatic heterocycles. The van der Waals surface area contributed by atoms with Crippen LogP contribution >= 0.6 is 11.6 Å². The van der Waals surface area contributed by atoms with Gasteiger partial charge in [0, 0.05) is 12.1 Å². The average molecular weight is 383 g/mol. The average Bonchev–Trinajstić information content (AvgIpc) is 2.56. The first-order valence-electron chi connectivity index (χ1n) is 8.28. The van der Waals surface area contributed by atoms with Gasteiger partial charge in [0.25, 0.3) is 0 Å². The van der Waals surface area contributed by atoms with Crippen molar-refractivity contribution in [2.45, 2.75) is 37.9 Å². The quantitative estimate of drug-likeness (QED) is 0.679. The zero-order chi connectivity index (χ0) is 18.7. The SMILES string of the molecule is NC1CCC(=Cc2cccc(Oc3ccc(C(F)(F)F)c(Cl)n3)c2)CC1. The minimum atomic E-state index is -4.54. The Labute approximate surface area is 154 Å². The molecule has 0 spiro atoms. The summed E-state index contributed by atoms with van der Waals surface area (Å²) >= 11 is 5.62. The zero-order valence-electron chi connectivity index (χ0n) is 13.9. The molecule has 0 saturated heterocycles. The lowest BCUT2D eigenvalue weighted by molar-refractivity contribution is -0.137. The van der Waals surface area contributed by atoms with Gasteiger partial charge in [-0.3, -0.25) is 0 Å². The molecule has 0 unspecified atom stereocenters. The number of hydrogen-bond donors (Lipinski definition) is 1. The lowest BCUT2D eigenvalue weighted by Crippen LogP contribution is -2.23. The van der Waals surface area contributed by atoms with Crippen LogP contribution in [0.25, 0.3) is 6.08 Å². The molecule has 0 radical (unpaired) electrons. The number of aromatic nitrogens is 1.